The maximum Gasteiger partial charge on any atom is 0.255 e. The fourth-order valence-electron chi connectivity index (χ4n) is 1.60. The minimum absolute atomic E-state index is 0.0866. The standard InChI is InChI=1S/C11H17F2N3O2S/c1-15-19(17,18)10-4-2-9(3-5-10)16(7-6-14)8-11(12)13/h2-5,11,15H,6-8,14H2,1H3. The first-order valence-corrected chi connectivity index (χ1v) is 7.16. The second kappa shape index (κ2) is 6.78. The highest BCUT2D eigenvalue weighted by Crippen LogP contribution is 2.18. The van der Waals surface area contributed by atoms with E-state index in [1.807, 2.05) is 0 Å². The second-order valence-electron chi connectivity index (χ2n) is 3.83. The SMILES string of the molecule is CNS(=O)(=O)c1ccc(N(CCN)CC(F)F)cc1. The van der Waals surface area contributed by atoms with Gasteiger partial charge in [0.25, 0.3) is 6.43 Å². The van der Waals surface area contributed by atoms with E-state index in [-0.39, 0.29) is 18.0 Å². The Morgan fingerprint density at radius 1 is 1.32 bits per heavy atom. The zero-order chi connectivity index (χ0) is 14.5. The van der Waals surface area contributed by atoms with Crippen LogP contribution in [0.15, 0.2) is 29.2 Å². The third-order valence-electron chi connectivity index (χ3n) is 2.54. The highest BCUT2D eigenvalue weighted by molar-refractivity contribution is 7.89. The summed E-state index contributed by atoms with van der Waals surface area (Å²) in [5.41, 5.74) is 5.89. The van der Waals surface area contributed by atoms with Crippen LogP contribution in [0.5, 0.6) is 0 Å². The van der Waals surface area contributed by atoms with Crippen LogP contribution in [0.4, 0.5) is 14.5 Å². The largest absolute Gasteiger partial charge is 0.365 e. The lowest BCUT2D eigenvalue weighted by Crippen LogP contribution is -2.33. The molecule has 5 nitrogen and oxygen atoms in total. The Morgan fingerprint density at radius 3 is 2.32 bits per heavy atom. The lowest BCUT2D eigenvalue weighted by molar-refractivity contribution is 0.155. The molecule has 0 bridgehead atoms. The molecule has 0 aromatic heterocycles. The predicted molar refractivity (Wildman–Crippen MR) is 70.0 cm³/mol. The molecular formula is C11H17F2N3O2S. The maximum absolute atomic E-state index is 12.4. The molecule has 0 aliphatic rings. The number of nitrogens with two attached hydrogens (primary N) is 1. The van der Waals surface area contributed by atoms with E-state index >= 15 is 0 Å². The molecule has 1 aromatic carbocycles. The molecule has 19 heavy (non-hydrogen) atoms. The van der Waals surface area contributed by atoms with E-state index in [9.17, 15) is 17.2 Å². The Hall–Kier alpha value is -1.25. The highest BCUT2D eigenvalue weighted by Gasteiger charge is 2.14. The Morgan fingerprint density at radius 2 is 1.89 bits per heavy atom. The van der Waals surface area contributed by atoms with Crippen molar-refractivity contribution in [1.29, 1.82) is 0 Å². The van der Waals surface area contributed by atoms with Gasteiger partial charge in [-0.1, -0.05) is 0 Å². The van der Waals surface area contributed by atoms with Crippen molar-refractivity contribution in [2.24, 2.45) is 5.73 Å². The summed E-state index contributed by atoms with van der Waals surface area (Å²) in [5.74, 6) is 0. The van der Waals surface area contributed by atoms with E-state index in [2.05, 4.69) is 4.72 Å². The molecule has 0 unspecified atom stereocenters. The van der Waals surface area contributed by atoms with Crippen molar-refractivity contribution in [2.75, 3.05) is 31.6 Å². The van der Waals surface area contributed by atoms with Gasteiger partial charge in [-0.15, -0.1) is 0 Å². The number of nitrogens with zero attached hydrogens (tertiary/aromatic N) is 1. The normalized spacial score (nSPS) is 11.8. The van der Waals surface area contributed by atoms with Crippen LogP contribution in [0.25, 0.3) is 0 Å². The topological polar surface area (TPSA) is 75.4 Å². The first-order chi connectivity index (χ1) is 8.90. The summed E-state index contributed by atoms with van der Waals surface area (Å²) in [5, 5.41) is 0. The molecule has 108 valence electrons. The first kappa shape index (κ1) is 15.8. The van der Waals surface area contributed by atoms with E-state index < -0.39 is 23.0 Å². The van der Waals surface area contributed by atoms with Crippen molar-refractivity contribution >= 4 is 15.7 Å². The Kier molecular flexibility index (Phi) is 5.64. The average molecular weight is 293 g/mol. The summed E-state index contributed by atoms with van der Waals surface area (Å²) < 4.78 is 50.1. The molecular weight excluding hydrogens is 276 g/mol. The van der Waals surface area contributed by atoms with E-state index in [0.29, 0.717) is 5.69 Å². The summed E-state index contributed by atoms with van der Waals surface area (Å²) in [6, 6.07) is 5.72. The van der Waals surface area contributed by atoms with Crippen molar-refractivity contribution in [1.82, 2.24) is 4.72 Å². The van der Waals surface area contributed by atoms with Crippen LogP contribution < -0.4 is 15.4 Å². The number of alkyl halides is 2. The molecule has 0 aliphatic heterocycles. The first-order valence-electron chi connectivity index (χ1n) is 5.67. The molecule has 8 heteroatoms. The zero-order valence-electron chi connectivity index (χ0n) is 10.5. The van der Waals surface area contributed by atoms with Crippen LogP contribution in [-0.2, 0) is 10.0 Å². The average Bonchev–Trinajstić information content (AvgIpc) is 2.38. The minimum Gasteiger partial charge on any atom is -0.365 e. The summed E-state index contributed by atoms with van der Waals surface area (Å²) in [7, 11) is -2.21. The summed E-state index contributed by atoms with van der Waals surface area (Å²) in [6.45, 7) is 0.0844. The maximum atomic E-state index is 12.4. The van der Waals surface area contributed by atoms with E-state index in [1.165, 1.54) is 36.2 Å². The van der Waals surface area contributed by atoms with Gasteiger partial charge in [-0.3, -0.25) is 0 Å². The Labute approximate surface area is 111 Å². The number of hydrogen-bond acceptors (Lipinski definition) is 4. The fourth-order valence-corrected chi connectivity index (χ4v) is 2.33. The van der Waals surface area contributed by atoms with Gasteiger partial charge in [0.2, 0.25) is 10.0 Å². The Bertz CT molecular complexity index is 491. The third kappa shape index (κ3) is 4.41. The lowest BCUT2D eigenvalue weighted by Gasteiger charge is -2.23. The molecule has 0 fully saturated rings. The third-order valence-corrected chi connectivity index (χ3v) is 3.97. The van der Waals surface area contributed by atoms with Gasteiger partial charge in [0.15, 0.2) is 0 Å². The minimum atomic E-state index is -3.52. The molecule has 0 amide bonds. The van der Waals surface area contributed by atoms with Gasteiger partial charge in [-0.2, -0.15) is 0 Å². The van der Waals surface area contributed by atoms with Crippen molar-refractivity contribution in [3.05, 3.63) is 24.3 Å². The molecule has 0 saturated heterocycles. The number of rotatable bonds is 7. The molecule has 1 rings (SSSR count). The molecule has 0 saturated carbocycles. The van der Waals surface area contributed by atoms with E-state index in [1.54, 1.807) is 0 Å². The molecule has 0 spiro atoms. The van der Waals surface area contributed by atoms with Crippen LogP contribution in [0.3, 0.4) is 0 Å². The van der Waals surface area contributed by atoms with Crippen LogP contribution in [0, 0.1) is 0 Å². The van der Waals surface area contributed by atoms with Gasteiger partial charge in [-0.05, 0) is 31.3 Å². The van der Waals surface area contributed by atoms with Crippen molar-refractivity contribution in [3.8, 4) is 0 Å². The van der Waals surface area contributed by atoms with Gasteiger partial charge < -0.3 is 10.6 Å². The number of nitrogens with one attached hydrogen (secondary N) is 1. The summed E-state index contributed by atoms with van der Waals surface area (Å²) in [4.78, 5) is 1.50. The van der Waals surface area contributed by atoms with E-state index in [0.717, 1.165) is 0 Å². The van der Waals surface area contributed by atoms with Gasteiger partial charge in [-0.25, -0.2) is 21.9 Å². The van der Waals surface area contributed by atoms with Crippen molar-refractivity contribution < 1.29 is 17.2 Å². The summed E-state index contributed by atoms with van der Waals surface area (Å²) >= 11 is 0. The fraction of sp³-hybridized carbons (Fsp3) is 0.455. The predicted octanol–water partition coefficient (Wildman–Crippen LogP) is 0.625. The number of anilines is 1. The Balaban J connectivity index is 2.95. The van der Waals surface area contributed by atoms with Crippen LogP contribution >= 0.6 is 0 Å². The molecule has 0 atom stereocenters. The monoisotopic (exact) mass is 293 g/mol. The number of sulfonamides is 1. The summed E-state index contributed by atoms with van der Waals surface area (Å²) in [6.07, 6.45) is -2.48. The van der Waals surface area contributed by atoms with Crippen LogP contribution in [-0.4, -0.2) is 41.5 Å². The van der Waals surface area contributed by atoms with Crippen LogP contribution in [0.2, 0.25) is 0 Å². The van der Waals surface area contributed by atoms with Gasteiger partial charge >= 0.3 is 0 Å². The quantitative estimate of drug-likeness (QED) is 0.773. The number of halogens is 2. The second-order valence-corrected chi connectivity index (χ2v) is 5.71. The highest BCUT2D eigenvalue weighted by atomic mass is 32.2. The molecule has 3 N–H and O–H groups in total. The van der Waals surface area contributed by atoms with Crippen LogP contribution in [0.1, 0.15) is 0 Å². The van der Waals surface area contributed by atoms with Gasteiger partial charge in [0.05, 0.1) is 11.4 Å². The smallest absolute Gasteiger partial charge is 0.255 e. The molecule has 0 aliphatic carbocycles. The molecule has 0 heterocycles. The zero-order valence-corrected chi connectivity index (χ0v) is 11.3. The van der Waals surface area contributed by atoms with E-state index in [4.69, 9.17) is 5.73 Å². The number of hydrogen-bond donors (Lipinski definition) is 2. The molecule has 1 aromatic rings. The molecule has 0 radical (unpaired) electrons. The number of benzene rings is 1. The van der Waals surface area contributed by atoms with Gasteiger partial charge in [0, 0.05) is 18.8 Å². The van der Waals surface area contributed by atoms with Crippen molar-refractivity contribution in [3.63, 3.8) is 0 Å². The lowest BCUT2D eigenvalue weighted by atomic mass is 10.3. The van der Waals surface area contributed by atoms with Gasteiger partial charge in [0.1, 0.15) is 0 Å². The van der Waals surface area contributed by atoms with Crippen molar-refractivity contribution in [2.45, 2.75) is 11.3 Å².